The third-order valence-corrected chi connectivity index (χ3v) is 1.51. The first-order valence-corrected chi connectivity index (χ1v) is 4.30. The molecular formula is C9H17NO2. The van der Waals surface area contributed by atoms with E-state index >= 15 is 0 Å². The van der Waals surface area contributed by atoms with Gasteiger partial charge in [-0.05, 0) is 32.4 Å². The van der Waals surface area contributed by atoms with Gasteiger partial charge in [0.15, 0.2) is 0 Å². The summed E-state index contributed by atoms with van der Waals surface area (Å²) in [6, 6.07) is 0. The van der Waals surface area contributed by atoms with Gasteiger partial charge >= 0.3 is 5.97 Å². The van der Waals surface area contributed by atoms with E-state index in [1.165, 1.54) is 0 Å². The van der Waals surface area contributed by atoms with Crippen LogP contribution in [0.2, 0.25) is 0 Å². The zero-order valence-corrected chi connectivity index (χ0v) is 7.38. The largest absolute Gasteiger partial charge is 0.481 e. The van der Waals surface area contributed by atoms with E-state index in [2.05, 4.69) is 11.9 Å². The molecule has 0 atom stereocenters. The van der Waals surface area contributed by atoms with Crippen molar-refractivity contribution in [1.82, 2.24) is 5.32 Å². The Morgan fingerprint density at radius 2 is 2.08 bits per heavy atom. The second-order valence-corrected chi connectivity index (χ2v) is 2.68. The van der Waals surface area contributed by atoms with E-state index in [1.54, 1.807) is 0 Å². The number of hydrogen-bond acceptors (Lipinski definition) is 2. The number of aliphatic carboxylic acids is 1. The van der Waals surface area contributed by atoms with Gasteiger partial charge in [-0.25, -0.2) is 0 Å². The molecule has 3 nitrogen and oxygen atoms in total. The molecule has 0 aliphatic heterocycles. The van der Waals surface area contributed by atoms with Crippen molar-refractivity contribution in [2.45, 2.75) is 25.7 Å². The molecule has 0 saturated carbocycles. The van der Waals surface area contributed by atoms with Crippen molar-refractivity contribution in [2.24, 2.45) is 0 Å². The highest BCUT2D eigenvalue weighted by Gasteiger charge is 1.94. The highest BCUT2D eigenvalue weighted by molar-refractivity contribution is 5.66. The van der Waals surface area contributed by atoms with E-state index < -0.39 is 5.97 Å². The molecule has 0 aliphatic carbocycles. The van der Waals surface area contributed by atoms with E-state index in [1.807, 2.05) is 6.08 Å². The van der Waals surface area contributed by atoms with Crippen LogP contribution in [-0.2, 0) is 4.79 Å². The molecule has 3 heteroatoms. The molecule has 0 spiro atoms. The molecule has 70 valence electrons. The second-order valence-electron chi connectivity index (χ2n) is 2.68. The number of hydrogen-bond donors (Lipinski definition) is 2. The SMILES string of the molecule is C=CCCCNCCCC(=O)O. The van der Waals surface area contributed by atoms with Gasteiger partial charge in [-0.15, -0.1) is 6.58 Å². The Morgan fingerprint density at radius 1 is 1.42 bits per heavy atom. The Balaban J connectivity index is 2.90. The quantitative estimate of drug-likeness (QED) is 0.429. The van der Waals surface area contributed by atoms with Gasteiger partial charge in [0.25, 0.3) is 0 Å². The number of nitrogens with one attached hydrogen (secondary N) is 1. The minimum absolute atomic E-state index is 0.258. The first-order chi connectivity index (χ1) is 5.77. The van der Waals surface area contributed by atoms with Crippen LogP contribution in [-0.4, -0.2) is 24.2 Å². The average Bonchev–Trinajstić information content (AvgIpc) is 2.02. The minimum Gasteiger partial charge on any atom is -0.481 e. The summed E-state index contributed by atoms with van der Waals surface area (Å²) in [5.41, 5.74) is 0. The molecule has 2 N–H and O–H groups in total. The van der Waals surface area contributed by atoms with Crippen LogP contribution in [0.4, 0.5) is 0 Å². The molecule has 0 amide bonds. The van der Waals surface area contributed by atoms with Crippen molar-refractivity contribution in [1.29, 1.82) is 0 Å². The molecular weight excluding hydrogens is 154 g/mol. The number of carboxylic acid groups (broad SMARTS) is 1. The topological polar surface area (TPSA) is 49.3 Å². The van der Waals surface area contributed by atoms with Crippen LogP contribution in [0.5, 0.6) is 0 Å². The van der Waals surface area contributed by atoms with Crippen molar-refractivity contribution in [3.63, 3.8) is 0 Å². The van der Waals surface area contributed by atoms with Crippen LogP contribution in [0.15, 0.2) is 12.7 Å². The maximum absolute atomic E-state index is 10.1. The van der Waals surface area contributed by atoms with Crippen molar-refractivity contribution in [2.75, 3.05) is 13.1 Å². The van der Waals surface area contributed by atoms with Crippen LogP contribution in [0.3, 0.4) is 0 Å². The average molecular weight is 171 g/mol. The van der Waals surface area contributed by atoms with Crippen LogP contribution in [0.1, 0.15) is 25.7 Å². The minimum atomic E-state index is -0.720. The van der Waals surface area contributed by atoms with Crippen LogP contribution >= 0.6 is 0 Å². The summed E-state index contributed by atoms with van der Waals surface area (Å²) in [5, 5.41) is 11.5. The molecule has 0 saturated heterocycles. The molecule has 0 heterocycles. The summed E-state index contributed by atoms with van der Waals surface area (Å²) in [7, 11) is 0. The number of carboxylic acids is 1. The summed E-state index contributed by atoms with van der Waals surface area (Å²) >= 11 is 0. The van der Waals surface area contributed by atoms with Gasteiger partial charge in [0.2, 0.25) is 0 Å². The van der Waals surface area contributed by atoms with Gasteiger partial charge in [-0.1, -0.05) is 6.08 Å². The zero-order chi connectivity index (χ0) is 9.23. The summed E-state index contributed by atoms with van der Waals surface area (Å²) in [4.78, 5) is 10.1. The first kappa shape index (κ1) is 11.2. The molecule has 0 bridgehead atoms. The van der Waals surface area contributed by atoms with Gasteiger partial charge in [0.05, 0.1) is 0 Å². The predicted octanol–water partition coefficient (Wildman–Crippen LogP) is 1.41. The van der Waals surface area contributed by atoms with Gasteiger partial charge in [0.1, 0.15) is 0 Å². The lowest BCUT2D eigenvalue weighted by atomic mass is 10.3. The Morgan fingerprint density at radius 3 is 2.67 bits per heavy atom. The number of allylic oxidation sites excluding steroid dienone is 1. The van der Waals surface area contributed by atoms with Gasteiger partial charge < -0.3 is 10.4 Å². The summed E-state index contributed by atoms with van der Waals surface area (Å²) in [5.74, 6) is -0.720. The third-order valence-electron chi connectivity index (χ3n) is 1.51. The molecule has 0 unspecified atom stereocenters. The zero-order valence-electron chi connectivity index (χ0n) is 7.38. The Kier molecular flexibility index (Phi) is 7.70. The molecule has 0 aromatic rings. The summed E-state index contributed by atoms with van der Waals surface area (Å²) in [6.07, 6.45) is 4.96. The number of carbonyl (C=O) groups is 1. The van der Waals surface area contributed by atoms with E-state index in [4.69, 9.17) is 5.11 Å². The maximum atomic E-state index is 10.1. The molecule has 12 heavy (non-hydrogen) atoms. The smallest absolute Gasteiger partial charge is 0.303 e. The van der Waals surface area contributed by atoms with E-state index in [0.29, 0.717) is 6.42 Å². The van der Waals surface area contributed by atoms with Crippen molar-refractivity contribution < 1.29 is 9.90 Å². The lowest BCUT2D eigenvalue weighted by molar-refractivity contribution is -0.137. The highest BCUT2D eigenvalue weighted by Crippen LogP contribution is 1.88. The molecule has 0 radical (unpaired) electrons. The summed E-state index contributed by atoms with van der Waals surface area (Å²) < 4.78 is 0. The number of rotatable bonds is 8. The standard InChI is InChI=1S/C9H17NO2/c1-2-3-4-7-10-8-5-6-9(11)12/h2,10H,1,3-8H2,(H,11,12). The van der Waals surface area contributed by atoms with Crippen molar-refractivity contribution >= 4 is 5.97 Å². The molecule has 0 aliphatic rings. The monoisotopic (exact) mass is 171 g/mol. The molecule has 0 aromatic heterocycles. The van der Waals surface area contributed by atoms with E-state index in [-0.39, 0.29) is 6.42 Å². The Labute approximate surface area is 73.5 Å². The van der Waals surface area contributed by atoms with Crippen LogP contribution in [0, 0.1) is 0 Å². The molecule has 0 fully saturated rings. The van der Waals surface area contributed by atoms with E-state index in [0.717, 1.165) is 25.9 Å². The van der Waals surface area contributed by atoms with Crippen LogP contribution < -0.4 is 5.32 Å². The summed E-state index contributed by atoms with van der Waals surface area (Å²) in [6.45, 7) is 5.36. The first-order valence-electron chi connectivity index (χ1n) is 4.30. The maximum Gasteiger partial charge on any atom is 0.303 e. The Bertz CT molecular complexity index is 134. The van der Waals surface area contributed by atoms with Crippen LogP contribution in [0.25, 0.3) is 0 Å². The van der Waals surface area contributed by atoms with Crippen molar-refractivity contribution in [3.05, 3.63) is 12.7 Å². The fourth-order valence-corrected chi connectivity index (χ4v) is 0.861. The van der Waals surface area contributed by atoms with Gasteiger partial charge in [-0.2, -0.15) is 0 Å². The lowest BCUT2D eigenvalue weighted by Gasteiger charge is -2.00. The van der Waals surface area contributed by atoms with E-state index in [9.17, 15) is 4.79 Å². The fourth-order valence-electron chi connectivity index (χ4n) is 0.861. The van der Waals surface area contributed by atoms with Gasteiger partial charge in [0, 0.05) is 6.42 Å². The van der Waals surface area contributed by atoms with Gasteiger partial charge in [-0.3, -0.25) is 4.79 Å². The Hall–Kier alpha value is -0.830. The predicted molar refractivity (Wildman–Crippen MR) is 49.2 cm³/mol. The fraction of sp³-hybridized carbons (Fsp3) is 0.667. The number of unbranched alkanes of at least 4 members (excludes halogenated alkanes) is 1. The molecule has 0 rings (SSSR count). The second kappa shape index (κ2) is 8.27. The normalized spacial score (nSPS) is 9.67. The third kappa shape index (κ3) is 9.17. The van der Waals surface area contributed by atoms with Crippen molar-refractivity contribution in [3.8, 4) is 0 Å². The highest BCUT2D eigenvalue weighted by atomic mass is 16.4. The lowest BCUT2D eigenvalue weighted by Crippen LogP contribution is -2.17. The molecule has 0 aromatic carbocycles.